The highest BCUT2D eigenvalue weighted by atomic mass is 32.2. The van der Waals surface area contributed by atoms with Gasteiger partial charge in [-0.25, -0.2) is 8.93 Å². The second kappa shape index (κ2) is 3.78. The molecule has 7 heavy (non-hydrogen) atoms. The number of hydrogen-bond donors (Lipinski definition) is 1. The van der Waals surface area contributed by atoms with E-state index in [4.69, 9.17) is 5.26 Å². The molecule has 3 nitrogen and oxygen atoms in total. The molecule has 0 saturated carbocycles. The van der Waals surface area contributed by atoms with Crippen LogP contribution in [-0.2, 0) is 11.0 Å². The number of nitriles is 1. The van der Waals surface area contributed by atoms with Crippen LogP contribution in [0.4, 0.5) is 0 Å². The Bertz CT molecular complexity index is 106. The lowest BCUT2D eigenvalue weighted by Crippen LogP contribution is -2.14. The van der Waals surface area contributed by atoms with Crippen molar-refractivity contribution in [1.29, 1.82) is 5.26 Å². The van der Waals surface area contributed by atoms with Crippen LogP contribution in [0, 0.1) is 11.3 Å². The minimum absolute atomic E-state index is 0.156. The molecule has 0 radical (unpaired) electrons. The van der Waals surface area contributed by atoms with Crippen molar-refractivity contribution < 1.29 is 4.21 Å². The second-order valence-corrected chi connectivity index (χ2v) is 2.13. The Morgan fingerprint density at radius 1 is 2.00 bits per heavy atom. The molecule has 1 N–H and O–H groups in total. The lowest BCUT2D eigenvalue weighted by atomic mass is 10.8. The monoisotopic (exact) mass is 118 g/mol. The summed E-state index contributed by atoms with van der Waals surface area (Å²) in [6.45, 7) is 0.156. The molecule has 40 valence electrons. The fraction of sp³-hybridized carbons (Fsp3) is 0.667. The van der Waals surface area contributed by atoms with Crippen molar-refractivity contribution >= 4 is 11.0 Å². The lowest BCUT2D eigenvalue weighted by molar-refractivity contribution is 0.680. The Kier molecular flexibility index (Phi) is 3.56. The molecule has 0 heterocycles. The number of nitrogens with zero attached hydrogens (tertiary/aromatic N) is 1. The van der Waals surface area contributed by atoms with E-state index in [0.717, 1.165) is 0 Å². The number of nitrogens with one attached hydrogen (secondary N) is 1. The average Bonchev–Trinajstić information content (AvgIpc) is 1.61. The molecule has 0 aromatic carbocycles. The third-order valence-corrected chi connectivity index (χ3v) is 0.905. The van der Waals surface area contributed by atoms with E-state index in [9.17, 15) is 4.21 Å². The molecule has 0 spiro atoms. The van der Waals surface area contributed by atoms with Crippen LogP contribution in [0.2, 0.25) is 0 Å². The van der Waals surface area contributed by atoms with Crippen LogP contribution in [0.25, 0.3) is 0 Å². The van der Waals surface area contributed by atoms with Crippen molar-refractivity contribution in [1.82, 2.24) is 4.72 Å². The van der Waals surface area contributed by atoms with E-state index < -0.39 is 11.0 Å². The van der Waals surface area contributed by atoms with E-state index in [0.29, 0.717) is 0 Å². The van der Waals surface area contributed by atoms with Gasteiger partial charge < -0.3 is 0 Å². The molecule has 0 aliphatic carbocycles. The van der Waals surface area contributed by atoms with E-state index in [1.165, 1.54) is 6.26 Å². The van der Waals surface area contributed by atoms with Gasteiger partial charge in [0, 0.05) is 6.26 Å². The Morgan fingerprint density at radius 3 is 2.71 bits per heavy atom. The average molecular weight is 118 g/mol. The van der Waals surface area contributed by atoms with Crippen molar-refractivity contribution in [3.63, 3.8) is 0 Å². The van der Waals surface area contributed by atoms with Crippen molar-refractivity contribution in [2.75, 3.05) is 12.8 Å². The van der Waals surface area contributed by atoms with Crippen LogP contribution in [-0.4, -0.2) is 17.0 Å². The molecular weight excluding hydrogens is 112 g/mol. The fourth-order valence-electron chi connectivity index (χ4n) is 0.134. The molecule has 0 fully saturated rings. The first-order valence-electron chi connectivity index (χ1n) is 1.71. The highest BCUT2D eigenvalue weighted by Gasteiger charge is 1.81. The first-order chi connectivity index (χ1) is 3.27. The Labute approximate surface area is 44.9 Å². The third kappa shape index (κ3) is 5.60. The fourth-order valence-corrected chi connectivity index (χ4v) is 0.402. The number of hydrogen-bond acceptors (Lipinski definition) is 2. The standard InChI is InChI=1S/C3H6N2OS/c1-7(6)5-3-2-4/h5H,3H2,1H3. The number of rotatable bonds is 2. The Hall–Kier alpha value is -0.400. The molecule has 1 atom stereocenters. The molecular formula is C3H6N2OS. The first-order valence-corrected chi connectivity index (χ1v) is 3.27. The topological polar surface area (TPSA) is 52.9 Å². The van der Waals surface area contributed by atoms with Gasteiger partial charge in [0.05, 0.1) is 23.6 Å². The van der Waals surface area contributed by atoms with E-state index >= 15 is 0 Å². The molecule has 0 aliphatic heterocycles. The predicted molar refractivity (Wildman–Crippen MR) is 27.7 cm³/mol. The van der Waals surface area contributed by atoms with Gasteiger partial charge in [-0.05, 0) is 0 Å². The minimum atomic E-state index is -1.04. The molecule has 0 rings (SSSR count). The summed E-state index contributed by atoms with van der Waals surface area (Å²) in [5, 5.41) is 7.87. The quantitative estimate of drug-likeness (QED) is 0.492. The summed E-state index contributed by atoms with van der Waals surface area (Å²) >= 11 is 0. The zero-order chi connectivity index (χ0) is 5.70. The van der Waals surface area contributed by atoms with Crippen LogP contribution in [0.3, 0.4) is 0 Å². The summed E-state index contributed by atoms with van der Waals surface area (Å²) < 4.78 is 12.5. The van der Waals surface area contributed by atoms with Gasteiger partial charge in [-0.15, -0.1) is 0 Å². The van der Waals surface area contributed by atoms with Gasteiger partial charge in [-0.2, -0.15) is 5.26 Å². The predicted octanol–water partition coefficient (Wildman–Crippen LogP) is -0.607. The van der Waals surface area contributed by atoms with Gasteiger partial charge >= 0.3 is 0 Å². The summed E-state index contributed by atoms with van der Waals surface area (Å²) in [5.74, 6) is 0. The van der Waals surface area contributed by atoms with Crippen molar-refractivity contribution in [2.24, 2.45) is 0 Å². The zero-order valence-corrected chi connectivity index (χ0v) is 4.79. The largest absolute Gasteiger partial charge is 0.243 e. The van der Waals surface area contributed by atoms with Gasteiger partial charge in [-0.3, -0.25) is 0 Å². The second-order valence-electron chi connectivity index (χ2n) is 0.933. The van der Waals surface area contributed by atoms with Crippen molar-refractivity contribution in [3.8, 4) is 6.07 Å². The van der Waals surface area contributed by atoms with Crippen LogP contribution in [0.5, 0.6) is 0 Å². The highest BCUT2D eigenvalue weighted by Crippen LogP contribution is 1.58. The van der Waals surface area contributed by atoms with Gasteiger partial charge in [0.2, 0.25) is 0 Å². The molecule has 0 aromatic heterocycles. The molecule has 1 unspecified atom stereocenters. The summed E-state index contributed by atoms with van der Waals surface area (Å²) in [6.07, 6.45) is 1.48. The summed E-state index contributed by atoms with van der Waals surface area (Å²) in [5.41, 5.74) is 0. The van der Waals surface area contributed by atoms with Crippen LogP contribution >= 0.6 is 0 Å². The highest BCUT2D eigenvalue weighted by molar-refractivity contribution is 7.82. The third-order valence-electron chi connectivity index (χ3n) is 0.354. The summed E-state index contributed by atoms with van der Waals surface area (Å²) in [6, 6.07) is 1.79. The lowest BCUT2D eigenvalue weighted by Gasteiger charge is -1.86. The van der Waals surface area contributed by atoms with Gasteiger partial charge in [-0.1, -0.05) is 0 Å². The smallest absolute Gasteiger partial charge is 0.0954 e. The Morgan fingerprint density at radius 2 is 2.57 bits per heavy atom. The van der Waals surface area contributed by atoms with Crippen LogP contribution in [0.15, 0.2) is 0 Å². The molecule has 0 saturated heterocycles. The van der Waals surface area contributed by atoms with Crippen molar-refractivity contribution in [2.45, 2.75) is 0 Å². The SMILES string of the molecule is CS(=O)NCC#N. The Balaban J connectivity index is 3.02. The molecule has 0 amide bonds. The van der Waals surface area contributed by atoms with Gasteiger partial charge in [0.25, 0.3) is 0 Å². The van der Waals surface area contributed by atoms with Gasteiger partial charge in [0.15, 0.2) is 0 Å². The summed E-state index contributed by atoms with van der Waals surface area (Å²) in [4.78, 5) is 0. The van der Waals surface area contributed by atoms with E-state index in [1.807, 2.05) is 0 Å². The van der Waals surface area contributed by atoms with E-state index in [1.54, 1.807) is 6.07 Å². The van der Waals surface area contributed by atoms with Gasteiger partial charge in [0.1, 0.15) is 0 Å². The molecule has 0 aromatic rings. The molecule has 4 heteroatoms. The molecule has 0 aliphatic rings. The maximum atomic E-state index is 10.1. The maximum absolute atomic E-state index is 10.1. The first kappa shape index (κ1) is 6.60. The minimum Gasteiger partial charge on any atom is -0.243 e. The van der Waals surface area contributed by atoms with E-state index in [2.05, 4.69) is 4.72 Å². The normalized spacial score (nSPS) is 12.6. The zero-order valence-electron chi connectivity index (χ0n) is 3.97. The van der Waals surface area contributed by atoms with E-state index in [-0.39, 0.29) is 6.54 Å². The maximum Gasteiger partial charge on any atom is 0.0954 e. The molecule has 0 bridgehead atoms. The van der Waals surface area contributed by atoms with Crippen molar-refractivity contribution in [3.05, 3.63) is 0 Å². The summed E-state index contributed by atoms with van der Waals surface area (Å²) in [7, 11) is -1.04. The van der Waals surface area contributed by atoms with Crippen LogP contribution < -0.4 is 4.72 Å². The van der Waals surface area contributed by atoms with Crippen LogP contribution in [0.1, 0.15) is 0 Å².